The molecule has 3 aromatic rings. The topological polar surface area (TPSA) is 60.2 Å². The second-order valence-corrected chi connectivity index (χ2v) is 7.31. The van der Waals surface area contributed by atoms with E-state index in [0.29, 0.717) is 12.2 Å². The molecule has 2 heterocycles. The zero-order chi connectivity index (χ0) is 19.4. The van der Waals surface area contributed by atoms with E-state index in [9.17, 15) is 4.79 Å². The molecule has 6 nitrogen and oxygen atoms in total. The van der Waals surface area contributed by atoms with Gasteiger partial charge in [0.15, 0.2) is 0 Å². The summed E-state index contributed by atoms with van der Waals surface area (Å²) in [4.78, 5) is 18.7. The van der Waals surface area contributed by atoms with Crippen LogP contribution in [0.3, 0.4) is 0 Å². The number of anilines is 1. The number of aryl methyl sites for hydroxylation is 1. The van der Waals surface area contributed by atoms with Gasteiger partial charge in [-0.2, -0.15) is 5.10 Å². The van der Waals surface area contributed by atoms with Crippen molar-refractivity contribution in [1.29, 1.82) is 0 Å². The highest BCUT2D eigenvalue weighted by molar-refractivity contribution is 5.88. The molecule has 6 heteroatoms. The van der Waals surface area contributed by atoms with Crippen LogP contribution in [-0.4, -0.2) is 26.5 Å². The molecule has 0 bridgehead atoms. The molecular weight excluding hydrogens is 340 g/mol. The summed E-state index contributed by atoms with van der Waals surface area (Å²) in [6, 6.07) is 13.6. The second kappa shape index (κ2) is 7.61. The van der Waals surface area contributed by atoms with Gasteiger partial charge >= 0.3 is 6.09 Å². The van der Waals surface area contributed by atoms with Crippen LogP contribution >= 0.6 is 0 Å². The Morgan fingerprint density at radius 3 is 2.52 bits per heavy atom. The Morgan fingerprint density at radius 2 is 1.89 bits per heavy atom. The standard InChI is InChI=1S/C21H24N4O2/c1-16-19(15-25(23-16)18-11-8-12-22-13-18)24(20(26)27-21(2,3)4)14-17-9-6-5-7-10-17/h5-13,15H,14H2,1-4H3. The number of carbonyl (C=O) groups excluding carboxylic acids is 1. The Kier molecular flexibility index (Phi) is 5.26. The number of aromatic nitrogens is 3. The van der Waals surface area contributed by atoms with Gasteiger partial charge in [0.1, 0.15) is 5.60 Å². The maximum atomic E-state index is 12.9. The van der Waals surface area contributed by atoms with Gasteiger partial charge in [0, 0.05) is 6.20 Å². The van der Waals surface area contributed by atoms with Crippen LogP contribution < -0.4 is 4.90 Å². The van der Waals surface area contributed by atoms with Crippen molar-refractivity contribution < 1.29 is 9.53 Å². The van der Waals surface area contributed by atoms with Crippen LogP contribution in [0.15, 0.2) is 61.1 Å². The smallest absolute Gasteiger partial charge is 0.415 e. The van der Waals surface area contributed by atoms with E-state index in [-0.39, 0.29) is 0 Å². The van der Waals surface area contributed by atoms with E-state index in [2.05, 4.69) is 10.1 Å². The average molecular weight is 364 g/mol. The highest BCUT2D eigenvalue weighted by Crippen LogP contribution is 2.25. The number of ether oxygens (including phenoxy) is 1. The average Bonchev–Trinajstić information content (AvgIpc) is 3.01. The third-order valence-corrected chi connectivity index (χ3v) is 3.87. The van der Waals surface area contributed by atoms with E-state index in [1.54, 1.807) is 22.0 Å². The highest BCUT2D eigenvalue weighted by atomic mass is 16.6. The van der Waals surface area contributed by atoms with Gasteiger partial charge in [-0.05, 0) is 45.4 Å². The molecule has 1 aromatic carbocycles. The van der Waals surface area contributed by atoms with Crippen LogP contribution in [0.4, 0.5) is 10.5 Å². The molecule has 0 saturated carbocycles. The first kappa shape index (κ1) is 18.6. The minimum atomic E-state index is -0.584. The van der Waals surface area contributed by atoms with Crippen molar-refractivity contribution in [3.63, 3.8) is 0 Å². The quantitative estimate of drug-likeness (QED) is 0.683. The van der Waals surface area contributed by atoms with Gasteiger partial charge in [0.2, 0.25) is 0 Å². The molecule has 0 unspecified atom stereocenters. The van der Waals surface area contributed by atoms with Gasteiger partial charge < -0.3 is 4.74 Å². The first-order valence-electron chi connectivity index (χ1n) is 8.84. The van der Waals surface area contributed by atoms with Gasteiger partial charge in [0.25, 0.3) is 0 Å². The number of hydrogen-bond acceptors (Lipinski definition) is 4. The van der Waals surface area contributed by atoms with Gasteiger partial charge in [-0.25, -0.2) is 9.48 Å². The lowest BCUT2D eigenvalue weighted by Gasteiger charge is -2.27. The van der Waals surface area contributed by atoms with E-state index >= 15 is 0 Å². The molecule has 0 aliphatic rings. The maximum absolute atomic E-state index is 12.9. The van der Waals surface area contributed by atoms with E-state index in [0.717, 1.165) is 16.9 Å². The van der Waals surface area contributed by atoms with Crippen molar-refractivity contribution >= 4 is 11.8 Å². The zero-order valence-electron chi connectivity index (χ0n) is 16.1. The Hall–Kier alpha value is -3.15. The van der Waals surface area contributed by atoms with Crippen molar-refractivity contribution in [2.24, 2.45) is 0 Å². The molecule has 27 heavy (non-hydrogen) atoms. The summed E-state index contributed by atoms with van der Waals surface area (Å²) in [6.45, 7) is 7.85. The molecule has 0 fully saturated rings. The Labute approximate surface area is 159 Å². The molecule has 3 rings (SSSR count). The number of rotatable bonds is 4. The summed E-state index contributed by atoms with van der Waals surface area (Å²) >= 11 is 0. The first-order chi connectivity index (χ1) is 12.8. The molecule has 0 spiro atoms. The minimum absolute atomic E-state index is 0.398. The van der Waals surface area contributed by atoms with Crippen LogP contribution in [-0.2, 0) is 11.3 Å². The second-order valence-electron chi connectivity index (χ2n) is 7.31. The molecule has 0 N–H and O–H groups in total. The van der Waals surface area contributed by atoms with Gasteiger partial charge in [-0.3, -0.25) is 9.88 Å². The predicted octanol–water partition coefficient (Wildman–Crippen LogP) is 4.52. The van der Waals surface area contributed by atoms with Crippen LogP contribution in [0.25, 0.3) is 5.69 Å². The summed E-state index contributed by atoms with van der Waals surface area (Å²) in [5, 5.41) is 4.55. The molecule has 0 atom stereocenters. The van der Waals surface area contributed by atoms with Crippen molar-refractivity contribution in [3.8, 4) is 5.69 Å². The lowest BCUT2D eigenvalue weighted by molar-refractivity contribution is 0.0577. The molecular formula is C21H24N4O2. The molecule has 0 radical (unpaired) electrons. The fourth-order valence-electron chi connectivity index (χ4n) is 2.67. The number of carbonyl (C=O) groups is 1. The van der Waals surface area contributed by atoms with E-state index in [1.807, 2.05) is 76.4 Å². The molecule has 0 aliphatic carbocycles. The third-order valence-electron chi connectivity index (χ3n) is 3.87. The zero-order valence-corrected chi connectivity index (χ0v) is 16.1. The third kappa shape index (κ3) is 4.73. The number of amides is 1. The molecule has 0 saturated heterocycles. The number of pyridine rings is 1. The van der Waals surface area contributed by atoms with Crippen molar-refractivity contribution in [2.45, 2.75) is 39.8 Å². The normalized spacial score (nSPS) is 11.3. The first-order valence-corrected chi connectivity index (χ1v) is 8.84. The van der Waals surface area contributed by atoms with Crippen LogP contribution in [0.5, 0.6) is 0 Å². The monoisotopic (exact) mass is 364 g/mol. The van der Waals surface area contributed by atoms with E-state index in [1.165, 1.54) is 0 Å². The number of benzene rings is 1. The summed E-state index contributed by atoms with van der Waals surface area (Å²) in [5.74, 6) is 0. The summed E-state index contributed by atoms with van der Waals surface area (Å²) in [5.41, 5.74) is 2.70. The lowest BCUT2D eigenvalue weighted by atomic mass is 10.2. The van der Waals surface area contributed by atoms with Crippen LogP contribution in [0, 0.1) is 6.92 Å². The van der Waals surface area contributed by atoms with Crippen LogP contribution in [0.1, 0.15) is 32.0 Å². The SMILES string of the molecule is Cc1nn(-c2cccnc2)cc1N(Cc1ccccc1)C(=O)OC(C)(C)C. The van der Waals surface area contributed by atoms with Crippen molar-refractivity contribution in [2.75, 3.05) is 4.90 Å². The Balaban J connectivity index is 1.97. The maximum Gasteiger partial charge on any atom is 0.415 e. The lowest BCUT2D eigenvalue weighted by Crippen LogP contribution is -2.36. The van der Waals surface area contributed by atoms with E-state index < -0.39 is 11.7 Å². The number of hydrogen-bond donors (Lipinski definition) is 0. The molecule has 1 amide bonds. The predicted molar refractivity (Wildman–Crippen MR) is 105 cm³/mol. The van der Waals surface area contributed by atoms with Crippen LogP contribution in [0.2, 0.25) is 0 Å². The summed E-state index contributed by atoms with van der Waals surface area (Å²) in [6.07, 6.45) is 4.87. The summed E-state index contributed by atoms with van der Waals surface area (Å²) in [7, 11) is 0. The Morgan fingerprint density at radius 1 is 1.15 bits per heavy atom. The summed E-state index contributed by atoms with van der Waals surface area (Å²) < 4.78 is 7.36. The molecule has 2 aromatic heterocycles. The fourth-order valence-corrected chi connectivity index (χ4v) is 2.67. The van der Waals surface area contributed by atoms with Gasteiger partial charge in [0.05, 0.1) is 36.0 Å². The minimum Gasteiger partial charge on any atom is -0.443 e. The highest BCUT2D eigenvalue weighted by Gasteiger charge is 2.26. The largest absolute Gasteiger partial charge is 0.443 e. The Bertz CT molecular complexity index is 899. The fraction of sp³-hybridized carbons (Fsp3) is 0.286. The van der Waals surface area contributed by atoms with Crippen molar-refractivity contribution in [3.05, 3.63) is 72.3 Å². The van der Waals surface area contributed by atoms with Gasteiger partial charge in [-0.1, -0.05) is 30.3 Å². The van der Waals surface area contributed by atoms with Crippen molar-refractivity contribution in [1.82, 2.24) is 14.8 Å². The number of nitrogens with zero attached hydrogens (tertiary/aromatic N) is 4. The molecule has 0 aliphatic heterocycles. The molecule has 140 valence electrons. The van der Waals surface area contributed by atoms with Gasteiger partial charge in [-0.15, -0.1) is 0 Å². The van der Waals surface area contributed by atoms with E-state index in [4.69, 9.17) is 4.74 Å².